The molecular formula is C40H24O. The van der Waals surface area contributed by atoms with Crippen LogP contribution in [0.15, 0.2) is 150 Å². The molecule has 0 radical (unpaired) electrons. The molecule has 0 fully saturated rings. The molecule has 0 saturated heterocycles. The summed E-state index contributed by atoms with van der Waals surface area (Å²) in [6.45, 7) is 0. The van der Waals surface area contributed by atoms with Crippen LogP contribution in [0.5, 0.6) is 0 Å². The van der Waals surface area contributed by atoms with Crippen molar-refractivity contribution in [3.63, 3.8) is 0 Å². The summed E-state index contributed by atoms with van der Waals surface area (Å²) in [4.78, 5) is 0. The molecule has 0 aliphatic rings. The van der Waals surface area contributed by atoms with E-state index < -0.39 is 6.04 Å². The second-order valence-corrected chi connectivity index (χ2v) is 10.5. The first-order valence-corrected chi connectivity index (χ1v) is 13.7. The van der Waals surface area contributed by atoms with Crippen molar-refractivity contribution < 1.29 is 11.3 Å². The summed E-state index contributed by atoms with van der Waals surface area (Å²) in [5.41, 5.74) is 4.53. The van der Waals surface area contributed by atoms with Gasteiger partial charge >= 0.3 is 0 Å². The highest BCUT2D eigenvalue weighted by atomic mass is 16.3. The predicted octanol–water partition coefficient (Wildman–Crippen LogP) is 11.5. The quantitative estimate of drug-likeness (QED) is 0.205. The van der Waals surface area contributed by atoms with Crippen molar-refractivity contribution in [2.45, 2.75) is 0 Å². The average molecular weight is 526 g/mol. The molecule has 9 rings (SSSR count). The smallest absolute Gasteiger partial charge is 0.143 e. The van der Waals surface area contributed by atoms with Crippen LogP contribution in [0.3, 0.4) is 0 Å². The summed E-state index contributed by atoms with van der Waals surface area (Å²) in [6.07, 6.45) is 0. The maximum Gasteiger partial charge on any atom is 0.143 e. The van der Waals surface area contributed by atoms with Gasteiger partial charge in [-0.15, -0.1) is 0 Å². The van der Waals surface area contributed by atoms with Crippen LogP contribution in [0.2, 0.25) is 0 Å². The lowest BCUT2D eigenvalue weighted by molar-refractivity contribution is 0.673. The third kappa shape index (κ3) is 3.18. The maximum absolute atomic E-state index is 8.91. The lowest BCUT2D eigenvalue weighted by Crippen LogP contribution is -1.92. The van der Waals surface area contributed by atoms with Crippen molar-refractivity contribution in [2.24, 2.45) is 0 Å². The van der Waals surface area contributed by atoms with Gasteiger partial charge in [-0.1, -0.05) is 133 Å². The molecule has 41 heavy (non-hydrogen) atoms. The SMILES string of the molecule is [2H]c1c([2H])c([2H])c(-c2c3ccccc3c(-c3c4ccccc4cc4oc5c6ccccc6ccc5c34)c3ccccc23)c([2H])c1[2H]. The van der Waals surface area contributed by atoms with Gasteiger partial charge in [-0.05, 0) is 66.5 Å². The Morgan fingerprint density at radius 1 is 0.439 bits per heavy atom. The van der Waals surface area contributed by atoms with Crippen LogP contribution in [-0.2, 0) is 0 Å². The van der Waals surface area contributed by atoms with Gasteiger partial charge in [0.15, 0.2) is 0 Å². The highest BCUT2D eigenvalue weighted by Crippen LogP contribution is 2.49. The molecule has 190 valence electrons. The lowest BCUT2D eigenvalue weighted by Gasteiger charge is -2.19. The van der Waals surface area contributed by atoms with Gasteiger partial charge in [0.2, 0.25) is 0 Å². The Morgan fingerprint density at radius 3 is 1.68 bits per heavy atom. The summed E-state index contributed by atoms with van der Waals surface area (Å²) >= 11 is 0. The molecule has 0 saturated carbocycles. The third-order valence-corrected chi connectivity index (χ3v) is 8.31. The summed E-state index contributed by atoms with van der Waals surface area (Å²) in [7, 11) is 0. The van der Waals surface area contributed by atoms with Gasteiger partial charge in [-0.2, -0.15) is 0 Å². The van der Waals surface area contributed by atoms with Crippen LogP contribution in [-0.4, -0.2) is 0 Å². The van der Waals surface area contributed by atoms with E-state index in [1.165, 1.54) is 0 Å². The molecule has 0 atom stereocenters. The maximum atomic E-state index is 8.91. The van der Waals surface area contributed by atoms with E-state index in [4.69, 9.17) is 11.3 Å². The number of benzene rings is 8. The molecule has 0 unspecified atom stereocenters. The van der Waals surface area contributed by atoms with E-state index >= 15 is 0 Å². The molecule has 1 aromatic heterocycles. The van der Waals surface area contributed by atoms with Crippen molar-refractivity contribution in [3.8, 4) is 22.3 Å². The second kappa shape index (κ2) is 8.55. The summed E-state index contributed by atoms with van der Waals surface area (Å²) in [5.74, 6) is 0. The zero-order chi connectivity index (χ0) is 31.3. The van der Waals surface area contributed by atoms with Gasteiger partial charge in [0.1, 0.15) is 11.2 Å². The molecular weight excluding hydrogens is 496 g/mol. The number of hydrogen-bond acceptors (Lipinski definition) is 1. The number of furan rings is 1. The Hall–Kier alpha value is -5.40. The van der Waals surface area contributed by atoms with E-state index in [0.29, 0.717) is 5.56 Å². The standard InChI is InChI=1S/C40H24O/c1-2-13-26(14-3-1)36-30-18-8-10-20-32(30)37(33-21-11-9-19-31(33)36)39-28-16-6-5-15-27(28)24-35-38(39)34-23-22-25-12-4-7-17-29(25)40(34)41-35/h1-24H/i1D,2D,3D,13D,14D. The van der Waals surface area contributed by atoms with Crippen molar-refractivity contribution in [3.05, 3.63) is 145 Å². The average Bonchev–Trinajstić information content (AvgIpc) is 3.47. The van der Waals surface area contributed by atoms with Crippen molar-refractivity contribution in [2.75, 3.05) is 0 Å². The second-order valence-electron chi connectivity index (χ2n) is 10.5. The third-order valence-electron chi connectivity index (χ3n) is 8.31. The fourth-order valence-corrected chi connectivity index (χ4v) is 6.63. The lowest BCUT2D eigenvalue weighted by atomic mass is 9.83. The number of fused-ring (bicyclic) bond motifs is 8. The highest BCUT2D eigenvalue weighted by Gasteiger charge is 2.23. The minimum Gasteiger partial charge on any atom is -0.455 e. The minimum atomic E-state index is -0.401. The van der Waals surface area contributed by atoms with Crippen molar-refractivity contribution in [1.82, 2.24) is 0 Å². The van der Waals surface area contributed by atoms with Crippen LogP contribution in [0.4, 0.5) is 0 Å². The fourth-order valence-electron chi connectivity index (χ4n) is 6.63. The van der Waals surface area contributed by atoms with E-state index in [2.05, 4.69) is 60.7 Å². The molecule has 0 bridgehead atoms. The van der Waals surface area contributed by atoms with Gasteiger partial charge in [-0.25, -0.2) is 0 Å². The molecule has 0 aliphatic carbocycles. The Morgan fingerprint density at radius 2 is 1.00 bits per heavy atom. The van der Waals surface area contributed by atoms with Crippen LogP contribution in [0, 0.1) is 0 Å². The van der Waals surface area contributed by atoms with Gasteiger partial charge in [0, 0.05) is 21.7 Å². The predicted molar refractivity (Wildman–Crippen MR) is 175 cm³/mol. The van der Waals surface area contributed by atoms with E-state index in [9.17, 15) is 0 Å². The van der Waals surface area contributed by atoms with Crippen molar-refractivity contribution in [1.29, 1.82) is 0 Å². The van der Waals surface area contributed by atoms with E-state index in [1.54, 1.807) is 0 Å². The molecule has 8 aromatic carbocycles. The molecule has 1 nitrogen and oxygen atoms in total. The number of rotatable bonds is 2. The Kier molecular flexibility index (Phi) is 3.76. The molecule has 0 N–H and O–H groups in total. The van der Waals surface area contributed by atoms with Crippen LogP contribution in [0.1, 0.15) is 6.85 Å². The minimum absolute atomic E-state index is 0.202. The highest BCUT2D eigenvalue weighted by molar-refractivity contribution is 6.31. The zero-order valence-electron chi connectivity index (χ0n) is 26.9. The van der Waals surface area contributed by atoms with Gasteiger partial charge < -0.3 is 4.42 Å². The van der Waals surface area contributed by atoms with E-state index in [1.807, 2.05) is 54.6 Å². The molecule has 0 aliphatic heterocycles. The first kappa shape index (κ1) is 18.0. The van der Waals surface area contributed by atoms with Gasteiger partial charge in [0.25, 0.3) is 0 Å². The molecule has 1 heterocycles. The topological polar surface area (TPSA) is 13.1 Å². The van der Waals surface area contributed by atoms with E-state index in [-0.39, 0.29) is 29.7 Å². The van der Waals surface area contributed by atoms with Crippen LogP contribution in [0.25, 0.3) is 87.3 Å². The monoisotopic (exact) mass is 525 g/mol. The molecule has 0 amide bonds. The van der Waals surface area contributed by atoms with E-state index in [0.717, 1.165) is 76.2 Å². The Labute approximate surface area is 243 Å². The largest absolute Gasteiger partial charge is 0.455 e. The normalized spacial score (nSPS) is 13.6. The van der Waals surface area contributed by atoms with Crippen molar-refractivity contribution >= 4 is 65.0 Å². The first-order valence-electron chi connectivity index (χ1n) is 16.2. The van der Waals surface area contributed by atoms with Crippen LogP contribution >= 0.6 is 0 Å². The van der Waals surface area contributed by atoms with Gasteiger partial charge in [-0.3, -0.25) is 0 Å². The first-order chi connectivity index (χ1) is 22.4. The summed E-state index contributed by atoms with van der Waals surface area (Å²) in [6, 6.07) is 37.5. The zero-order valence-corrected chi connectivity index (χ0v) is 21.9. The molecule has 0 spiro atoms. The Balaban J connectivity index is 1.54. The number of hydrogen-bond donors (Lipinski definition) is 0. The van der Waals surface area contributed by atoms with Gasteiger partial charge in [0.05, 0.1) is 6.85 Å². The summed E-state index contributed by atoms with van der Waals surface area (Å²) < 4.78 is 49.7. The molecule has 9 aromatic rings. The summed E-state index contributed by atoms with van der Waals surface area (Å²) in [5, 5.41) is 9.82. The van der Waals surface area contributed by atoms with Crippen LogP contribution < -0.4 is 0 Å². The fraction of sp³-hybridized carbons (Fsp3) is 0. The Bertz CT molecular complexity index is 2670. The molecule has 1 heteroatoms.